The Morgan fingerprint density at radius 1 is 0.267 bits per heavy atom. The smallest absolute Gasteiger partial charge is 0.164 e. The molecular weight excluding hydrogens is 734 g/mol. The van der Waals surface area contributed by atoms with Crippen LogP contribution in [0.4, 0.5) is 0 Å². The van der Waals surface area contributed by atoms with Crippen LogP contribution in [0.15, 0.2) is 109 Å². The number of nitrogens with zero attached hydrogens (tertiary/aromatic N) is 3. The Hall–Kier alpha value is -5.52. The lowest BCUT2D eigenvalue weighted by Gasteiger charge is -2.26. The Bertz CT molecular complexity index is 3060. The van der Waals surface area contributed by atoms with Crippen molar-refractivity contribution in [1.29, 1.82) is 0 Å². The average Bonchev–Trinajstić information content (AvgIpc) is 3.69. The van der Waals surface area contributed by atoms with Gasteiger partial charge >= 0.3 is 0 Å². The molecule has 0 aliphatic carbocycles. The number of hydrogen-bond acceptors (Lipinski definition) is 4. The summed E-state index contributed by atoms with van der Waals surface area (Å²) in [6.07, 6.45) is 0. The Balaban J connectivity index is 1.30. The minimum Gasteiger partial charge on any atom is -0.208 e. The second-order valence-electron chi connectivity index (χ2n) is 14.4. The third kappa shape index (κ3) is 6.48. The average molecular weight is 752 g/mol. The van der Waals surface area contributed by atoms with Gasteiger partial charge < -0.3 is 0 Å². The summed E-state index contributed by atoms with van der Waals surface area (Å²) in [6.45, 7) is 0. The van der Waals surface area contributed by atoms with Crippen molar-refractivity contribution in [1.82, 2.24) is 15.0 Å². The second-order valence-corrected chi connectivity index (χ2v) is 15.4. The fraction of sp³-hybridized carbons (Fsp3) is 0. The van der Waals surface area contributed by atoms with Crippen molar-refractivity contribution in [2.75, 3.05) is 0 Å². The normalized spacial score (nSPS) is 11.4. The molecule has 3 nitrogen and oxygen atoms in total. The lowest BCUT2D eigenvalue weighted by atomic mass is 9.57. The molecule has 252 valence electrons. The molecule has 0 unspecified atom stereocenters. The molecule has 2 heterocycles. The Morgan fingerprint density at radius 2 is 0.600 bits per heavy atom. The molecule has 0 aliphatic rings. The Kier molecular flexibility index (Phi) is 10.3. The molecule has 22 radical (unpaired) electrons. The van der Waals surface area contributed by atoms with Crippen LogP contribution in [0.1, 0.15) is 0 Å². The number of hydrogen-bond donors (Lipinski definition) is 0. The second kappa shape index (κ2) is 15.5. The van der Waals surface area contributed by atoms with Gasteiger partial charge in [0.25, 0.3) is 0 Å². The van der Waals surface area contributed by atoms with Crippen molar-refractivity contribution in [3.63, 3.8) is 0 Å². The maximum atomic E-state index is 7.04. The maximum Gasteiger partial charge on any atom is 0.164 e. The first kappa shape index (κ1) is 39.9. The quantitative estimate of drug-likeness (QED) is 0.205. The molecule has 7 aromatic carbocycles. The molecule has 9 rings (SSSR count). The van der Waals surface area contributed by atoms with E-state index in [1.165, 1.54) is 11.3 Å². The van der Waals surface area contributed by atoms with Gasteiger partial charge in [0.15, 0.2) is 17.5 Å². The van der Waals surface area contributed by atoms with Crippen LogP contribution < -0.4 is 60.1 Å². The number of aromatic nitrogens is 3. The highest BCUT2D eigenvalue weighted by atomic mass is 32.1. The van der Waals surface area contributed by atoms with Crippen LogP contribution in [-0.2, 0) is 0 Å². The van der Waals surface area contributed by atoms with Gasteiger partial charge in [-0.2, -0.15) is 0 Å². The van der Waals surface area contributed by atoms with Crippen LogP contribution in [-0.4, -0.2) is 101 Å². The van der Waals surface area contributed by atoms with E-state index in [0.29, 0.717) is 37.4 Å². The molecule has 9 aromatic rings. The van der Waals surface area contributed by atoms with E-state index in [1.54, 1.807) is 0 Å². The van der Waals surface area contributed by atoms with Crippen LogP contribution in [0, 0.1) is 0 Å². The molecule has 0 saturated heterocycles. The first-order valence-corrected chi connectivity index (χ1v) is 19.5. The molecule has 0 N–H and O–H groups in total. The molecule has 0 amide bonds. The summed E-state index contributed by atoms with van der Waals surface area (Å²) in [4.78, 5) is 15.1. The molecular formula is C45H18B11N3S. The fourth-order valence-electron chi connectivity index (χ4n) is 7.62. The van der Waals surface area contributed by atoms with Crippen molar-refractivity contribution >= 4 is 178 Å². The van der Waals surface area contributed by atoms with Crippen molar-refractivity contribution in [3.05, 3.63) is 109 Å². The number of thiophene rings is 1. The maximum absolute atomic E-state index is 7.04. The van der Waals surface area contributed by atoms with Crippen LogP contribution in [0.5, 0.6) is 0 Å². The van der Waals surface area contributed by atoms with E-state index in [1.807, 2.05) is 84.9 Å². The van der Waals surface area contributed by atoms with E-state index in [4.69, 9.17) is 101 Å². The largest absolute Gasteiger partial charge is 0.208 e. The summed E-state index contributed by atoms with van der Waals surface area (Å²) in [6, 6.07) is 36.2. The first-order chi connectivity index (χ1) is 28.8. The van der Waals surface area contributed by atoms with Crippen molar-refractivity contribution in [3.8, 4) is 67.5 Å². The van der Waals surface area contributed by atoms with Crippen molar-refractivity contribution in [2.45, 2.75) is 0 Å². The highest BCUT2D eigenvalue weighted by Crippen LogP contribution is 2.37. The molecule has 0 aliphatic heterocycles. The molecule has 15 heteroatoms. The third-order valence-electron chi connectivity index (χ3n) is 10.9. The molecule has 0 fully saturated rings. The lowest BCUT2D eigenvalue weighted by Crippen LogP contribution is -2.56. The van der Waals surface area contributed by atoms with Crippen molar-refractivity contribution in [2.24, 2.45) is 0 Å². The van der Waals surface area contributed by atoms with Gasteiger partial charge in [0.05, 0.1) is 0 Å². The predicted octanol–water partition coefficient (Wildman–Crippen LogP) is -1.03. The highest BCUT2D eigenvalue weighted by molar-refractivity contribution is 7.28. The zero-order valence-corrected chi connectivity index (χ0v) is 32.8. The van der Waals surface area contributed by atoms with Gasteiger partial charge in [-0.25, -0.2) is 15.0 Å². The van der Waals surface area contributed by atoms with Crippen LogP contribution in [0.2, 0.25) is 0 Å². The summed E-state index contributed by atoms with van der Waals surface area (Å²) in [5.74, 6) is 1.05. The zero-order valence-electron chi connectivity index (χ0n) is 32.0. The minimum absolute atomic E-state index is 0.0222. The predicted molar refractivity (Wildman–Crippen MR) is 265 cm³/mol. The standard InChI is InChI=1S/C45H18B11N3S/c46-30-25(26-31(47)37(53)39(55)38(54)32(26)48)33(49)40(56)42-27(30)28-34(50)36(52)35(51)29(41(28)60-42)45-58-43(23-15-11-21(12-16-23)19-7-3-1-4-8-19)57-44(59-45)24-17-13-22(14-18-24)20-9-5-2-6-10-20/h1-18H. The topological polar surface area (TPSA) is 38.7 Å². The van der Waals surface area contributed by atoms with E-state index < -0.39 is 0 Å². The highest BCUT2D eigenvalue weighted by Gasteiger charge is 2.25. The van der Waals surface area contributed by atoms with E-state index in [9.17, 15) is 0 Å². The van der Waals surface area contributed by atoms with Gasteiger partial charge in [-0.3, -0.25) is 0 Å². The summed E-state index contributed by atoms with van der Waals surface area (Å²) in [5.41, 5.74) is 7.53. The molecule has 0 spiro atoms. The minimum atomic E-state index is 0.0222. The fourth-order valence-corrected chi connectivity index (χ4v) is 8.97. The van der Waals surface area contributed by atoms with Crippen molar-refractivity contribution < 1.29 is 0 Å². The number of rotatable bonds is 6. The number of fused-ring (bicyclic) bond motifs is 3. The Labute approximate surface area is 367 Å². The van der Waals surface area contributed by atoms with E-state index in [-0.39, 0.29) is 77.0 Å². The molecule has 60 heavy (non-hydrogen) atoms. The van der Waals surface area contributed by atoms with Gasteiger partial charge in [0.2, 0.25) is 0 Å². The van der Waals surface area contributed by atoms with Gasteiger partial charge in [-0.1, -0.05) is 147 Å². The van der Waals surface area contributed by atoms with E-state index in [2.05, 4.69) is 24.3 Å². The van der Waals surface area contributed by atoms with Crippen LogP contribution >= 0.6 is 11.3 Å². The van der Waals surface area contributed by atoms with E-state index in [0.717, 1.165) is 33.4 Å². The molecule has 0 bridgehead atoms. The van der Waals surface area contributed by atoms with Gasteiger partial charge in [0, 0.05) is 26.1 Å². The zero-order chi connectivity index (χ0) is 42.1. The lowest BCUT2D eigenvalue weighted by molar-refractivity contribution is 1.08. The molecule has 2 aromatic heterocycles. The third-order valence-corrected chi connectivity index (χ3v) is 12.1. The van der Waals surface area contributed by atoms with E-state index >= 15 is 0 Å². The summed E-state index contributed by atoms with van der Waals surface area (Å²) < 4.78 is 1.07. The molecule has 0 saturated carbocycles. The monoisotopic (exact) mass is 753 g/mol. The van der Waals surface area contributed by atoms with Gasteiger partial charge in [-0.05, 0) is 44.2 Å². The molecule has 0 atom stereocenters. The first-order valence-electron chi connectivity index (χ1n) is 18.6. The number of benzene rings is 7. The van der Waals surface area contributed by atoms with Crippen LogP contribution in [0.3, 0.4) is 0 Å². The Morgan fingerprint density at radius 3 is 1.08 bits per heavy atom. The summed E-state index contributed by atoms with van der Waals surface area (Å²) >= 11 is 1.27. The van der Waals surface area contributed by atoms with Gasteiger partial charge in [-0.15, -0.1) is 33.2 Å². The SMILES string of the molecule is [B]c1c([B])c([B])c(-c2c([B])c([B])c3sc4c(-c5nc(-c6ccc(-c7ccccc7)cc6)nc(-c6ccc(-c7ccccc7)cc6)n5)c([B])c([B])c([B])c4c3c2[B])c([B])c1[B]. The summed E-state index contributed by atoms with van der Waals surface area (Å²) in [7, 11) is 72.8. The summed E-state index contributed by atoms with van der Waals surface area (Å²) in [5, 5.41) is 0.899. The van der Waals surface area contributed by atoms with Gasteiger partial charge in [0.1, 0.15) is 86.3 Å². The van der Waals surface area contributed by atoms with Crippen LogP contribution in [0.25, 0.3) is 87.7 Å².